The van der Waals surface area contributed by atoms with Gasteiger partial charge in [0.25, 0.3) is 0 Å². The Bertz CT molecular complexity index is 685. The molecular weight excluding hydrogens is 310 g/mol. The molecule has 0 radical (unpaired) electrons. The fraction of sp³-hybridized carbons (Fsp3) is 0.375. The van der Waals surface area contributed by atoms with Crippen molar-refractivity contribution in [2.24, 2.45) is 5.92 Å². The van der Waals surface area contributed by atoms with Crippen LogP contribution in [0.4, 0.5) is 16.2 Å². The van der Waals surface area contributed by atoms with Gasteiger partial charge in [-0.3, -0.25) is 10.1 Å². The summed E-state index contributed by atoms with van der Waals surface area (Å²) in [7, 11) is 0. The van der Waals surface area contributed by atoms with E-state index in [1.807, 2.05) is 13.8 Å². The molecule has 0 spiro atoms. The fourth-order valence-electron chi connectivity index (χ4n) is 1.86. The minimum Gasteiger partial charge on any atom is -0.449 e. The Morgan fingerprint density at radius 2 is 1.92 bits per heavy atom. The molecule has 2 aromatic rings. The summed E-state index contributed by atoms with van der Waals surface area (Å²) in [5.41, 5.74) is 1.10. The van der Waals surface area contributed by atoms with Crippen molar-refractivity contribution in [3.05, 3.63) is 36.9 Å². The summed E-state index contributed by atoms with van der Waals surface area (Å²) in [4.78, 5) is 27.7. The highest BCUT2D eigenvalue weighted by atomic mass is 16.5. The lowest BCUT2D eigenvalue weighted by molar-refractivity contribution is -0.119. The van der Waals surface area contributed by atoms with Crippen LogP contribution in [0.25, 0.3) is 0 Å². The zero-order chi connectivity index (χ0) is 17.5. The van der Waals surface area contributed by atoms with Crippen molar-refractivity contribution in [3.63, 3.8) is 0 Å². The van der Waals surface area contributed by atoms with Crippen LogP contribution in [-0.2, 0) is 9.53 Å². The summed E-state index contributed by atoms with van der Waals surface area (Å²) in [6.45, 7) is 5.98. The number of hydrogen-bond donors (Lipinski definition) is 2. The lowest BCUT2D eigenvalue weighted by Gasteiger charge is -2.13. The van der Waals surface area contributed by atoms with Crippen LogP contribution in [0, 0.1) is 5.92 Å². The molecule has 24 heavy (non-hydrogen) atoms. The lowest BCUT2D eigenvalue weighted by atomic mass is 10.2. The first-order valence-corrected chi connectivity index (χ1v) is 7.64. The summed E-state index contributed by atoms with van der Waals surface area (Å²) >= 11 is 0. The van der Waals surface area contributed by atoms with Crippen LogP contribution < -0.4 is 10.6 Å². The number of benzene rings is 1. The number of amides is 2. The summed E-state index contributed by atoms with van der Waals surface area (Å²) in [6.07, 6.45) is 2.33. The van der Waals surface area contributed by atoms with Crippen molar-refractivity contribution in [1.29, 1.82) is 0 Å². The van der Waals surface area contributed by atoms with E-state index in [0.717, 1.165) is 0 Å². The third-order valence-corrected chi connectivity index (χ3v) is 3.14. The Kier molecular flexibility index (Phi) is 5.89. The first-order valence-electron chi connectivity index (χ1n) is 7.64. The van der Waals surface area contributed by atoms with Gasteiger partial charge in [-0.05, 0) is 31.0 Å². The molecular formula is C16H21N5O3. The Balaban J connectivity index is 1.95. The zero-order valence-corrected chi connectivity index (χ0v) is 13.9. The second-order valence-corrected chi connectivity index (χ2v) is 5.74. The SMILES string of the molecule is CC(C)COC(=O)Nc1cccc(NC(=O)C(C)n2cncn2)c1. The molecule has 1 unspecified atom stereocenters. The van der Waals surface area contributed by atoms with Crippen LogP contribution in [0.15, 0.2) is 36.9 Å². The third-order valence-electron chi connectivity index (χ3n) is 3.14. The number of carbonyl (C=O) groups is 2. The highest BCUT2D eigenvalue weighted by Crippen LogP contribution is 2.17. The molecule has 0 aliphatic heterocycles. The number of aromatic nitrogens is 3. The van der Waals surface area contributed by atoms with Gasteiger partial charge in [-0.25, -0.2) is 14.5 Å². The molecule has 1 atom stereocenters. The number of nitrogens with one attached hydrogen (secondary N) is 2. The Morgan fingerprint density at radius 3 is 2.54 bits per heavy atom. The van der Waals surface area contributed by atoms with E-state index in [2.05, 4.69) is 20.7 Å². The lowest BCUT2D eigenvalue weighted by Crippen LogP contribution is -2.24. The van der Waals surface area contributed by atoms with E-state index < -0.39 is 12.1 Å². The first kappa shape index (κ1) is 17.5. The van der Waals surface area contributed by atoms with E-state index in [4.69, 9.17) is 4.74 Å². The normalized spacial score (nSPS) is 11.8. The van der Waals surface area contributed by atoms with Crippen LogP contribution in [0.5, 0.6) is 0 Å². The minimum absolute atomic E-state index is 0.236. The molecule has 128 valence electrons. The second-order valence-electron chi connectivity index (χ2n) is 5.74. The van der Waals surface area contributed by atoms with Gasteiger partial charge in [0, 0.05) is 11.4 Å². The number of nitrogens with zero attached hydrogens (tertiary/aromatic N) is 3. The monoisotopic (exact) mass is 331 g/mol. The maximum atomic E-state index is 12.2. The van der Waals surface area contributed by atoms with Crippen molar-refractivity contribution in [2.45, 2.75) is 26.8 Å². The largest absolute Gasteiger partial charge is 0.449 e. The smallest absolute Gasteiger partial charge is 0.411 e. The number of anilines is 2. The van der Waals surface area contributed by atoms with E-state index >= 15 is 0 Å². The number of hydrogen-bond acceptors (Lipinski definition) is 5. The molecule has 0 fully saturated rings. The average molecular weight is 331 g/mol. The number of rotatable bonds is 6. The summed E-state index contributed by atoms with van der Waals surface area (Å²) in [6, 6.07) is 6.33. The molecule has 0 saturated carbocycles. The standard InChI is InChI=1S/C16H21N5O3/c1-11(2)8-24-16(23)20-14-6-4-5-13(7-14)19-15(22)12(3)21-10-17-9-18-21/h4-7,9-12H,8H2,1-3H3,(H,19,22)(H,20,23). The van der Waals surface area contributed by atoms with Crippen molar-refractivity contribution in [1.82, 2.24) is 14.8 Å². The van der Waals surface area contributed by atoms with Gasteiger partial charge in [0.1, 0.15) is 18.7 Å². The van der Waals surface area contributed by atoms with E-state index in [9.17, 15) is 9.59 Å². The molecule has 8 heteroatoms. The highest BCUT2D eigenvalue weighted by molar-refractivity contribution is 5.94. The number of ether oxygens (including phenoxy) is 1. The predicted molar refractivity (Wildman–Crippen MR) is 89.6 cm³/mol. The van der Waals surface area contributed by atoms with Crippen LogP contribution in [-0.4, -0.2) is 33.4 Å². The minimum atomic E-state index is -0.525. The average Bonchev–Trinajstić information content (AvgIpc) is 3.07. The van der Waals surface area contributed by atoms with Crippen LogP contribution in [0.2, 0.25) is 0 Å². The maximum absolute atomic E-state index is 12.2. The van der Waals surface area contributed by atoms with E-state index in [1.54, 1.807) is 31.2 Å². The molecule has 2 N–H and O–H groups in total. The third kappa shape index (κ3) is 5.08. The van der Waals surface area contributed by atoms with Gasteiger partial charge < -0.3 is 10.1 Å². The van der Waals surface area contributed by atoms with Crippen molar-refractivity contribution in [3.8, 4) is 0 Å². The van der Waals surface area contributed by atoms with Crippen LogP contribution in [0.3, 0.4) is 0 Å². The van der Waals surface area contributed by atoms with Crippen molar-refractivity contribution < 1.29 is 14.3 Å². The predicted octanol–water partition coefficient (Wildman–Crippen LogP) is 2.68. The highest BCUT2D eigenvalue weighted by Gasteiger charge is 2.15. The second kappa shape index (κ2) is 8.09. The van der Waals surface area contributed by atoms with Crippen LogP contribution >= 0.6 is 0 Å². The van der Waals surface area contributed by atoms with Crippen LogP contribution in [0.1, 0.15) is 26.8 Å². The van der Waals surface area contributed by atoms with E-state index in [0.29, 0.717) is 18.0 Å². The maximum Gasteiger partial charge on any atom is 0.411 e. The molecule has 0 aliphatic rings. The molecule has 0 aliphatic carbocycles. The molecule has 0 saturated heterocycles. The van der Waals surface area contributed by atoms with Gasteiger partial charge in [-0.2, -0.15) is 5.10 Å². The molecule has 1 aromatic carbocycles. The van der Waals surface area contributed by atoms with E-state index in [1.165, 1.54) is 17.3 Å². The van der Waals surface area contributed by atoms with Gasteiger partial charge in [-0.15, -0.1) is 0 Å². The summed E-state index contributed by atoms with van der Waals surface area (Å²) in [5.74, 6) is 0.0275. The number of carbonyl (C=O) groups excluding carboxylic acids is 2. The van der Waals surface area contributed by atoms with E-state index in [-0.39, 0.29) is 11.8 Å². The Hall–Kier alpha value is -2.90. The van der Waals surface area contributed by atoms with Crippen molar-refractivity contribution in [2.75, 3.05) is 17.2 Å². The van der Waals surface area contributed by atoms with Gasteiger partial charge in [0.05, 0.1) is 6.61 Å². The Labute approximate surface area is 140 Å². The molecule has 1 heterocycles. The molecule has 2 rings (SSSR count). The summed E-state index contributed by atoms with van der Waals surface area (Å²) in [5, 5.41) is 9.34. The van der Waals surface area contributed by atoms with Crippen molar-refractivity contribution >= 4 is 23.4 Å². The quantitative estimate of drug-likeness (QED) is 0.848. The fourth-order valence-corrected chi connectivity index (χ4v) is 1.86. The van der Waals surface area contributed by atoms with Gasteiger partial charge >= 0.3 is 6.09 Å². The zero-order valence-electron chi connectivity index (χ0n) is 13.9. The van der Waals surface area contributed by atoms with Gasteiger partial charge in [0.15, 0.2) is 0 Å². The molecule has 0 bridgehead atoms. The topological polar surface area (TPSA) is 98.1 Å². The van der Waals surface area contributed by atoms with Gasteiger partial charge in [0.2, 0.25) is 5.91 Å². The molecule has 1 aromatic heterocycles. The van der Waals surface area contributed by atoms with Gasteiger partial charge in [-0.1, -0.05) is 19.9 Å². The first-order chi connectivity index (χ1) is 11.5. The summed E-state index contributed by atoms with van der Waals surface area (Å²) < 4.78 is 6.52. The molecule has 2 amide bonds. The Morgan fingerprint density at radius 1 is 1.21 bits per heavy atom. The molecule has 8 nitrogen and oxygen atoms in total.